The third-order valence-electron chi connectivity index (χ3n) is 4.19. The van der Waals surface area contributed by atoms with Gasteiger partial charge in [-0.3, -0.25) is 14.3 Å². The van der Waals surface area contributed by atoms with E-state index >= 15 is 0 Å². The molecule has 0 aliphatic heterocycles. The molecule has 1 aromatic rings. The monoisotopic (exact) mass is 307 g/mol. The summed E-state index contributed by atoms with van der Waals surface area (Å²) in [5, 5.41) is 16.0. The van der Waals surface area contributed by atoms with Crippen molar-refractivity contribution in [3.8, 4) is 0 Å². The molecule has 1 heterocycles. The van der Waals surface area contributed by atoms with Gasteiger partial charge in [0.1, 0.15) is 0 Å². The lowest BCUT2D eigenvalue weighted by molar-refractivity contribution is -0.137. The molecule has 2 unspecified atom stereocenters. The average Bonchev–Trinajstić information content (AvgIpc) is 3.21. The lowest BCUT2D eigenvalue weighted by Gasteiger charge is -2.15. The zero-order valence-electron chi connectivity index (χ0n) is 13.5. The number of carbonyl (C=O) groups is 2. The molecule has 122 valence electrons. The quantitative estimate of drug-likeness (QED) is 0.773. The van der Waals surface area contributed by atoms with Crippen LogP contribution in [0, 0.1) is 5.92 Å². The highest BCUT2D eigenvalue weighted by Crippen LogP contribution is 2.42. The minimum atomic E-state index is -0.843. The molecule has 0 spiro atoms. The second kappa shape index (κ2) is 6.94. The fraction of sp³-hybridized carbons (Fsp3) is 0.688. The van der Waals surface area contributed by atoms with Crippen LogP contribution in [0.15, 0.2) is 6.20 Å². The van der Waals surface area contributed by atoms with E-state index in [-0.39, 0.29) is 24.3 Å². The number of nitrogens with zero attached hydrogens (tertiary/aromatic N) is 2. The molecular weight excluding hydrogens is 282 g/mol. The maximum absolute atomic E-state index is 12.4. The number of nitrogens with one attached hydrogen (secondary N) is 1. The number of carbonyl (C=O) groups excluding carboxylic acids is 1. The second-order valence-electron chi connectivity index (χ2n) is 6.33. The molecule has 1 amide bonds. The van der Waals surface area contributed by atoms with Crippen LogP contribution in [-0.4, -0.2) is 33.3 Å². The Kier molecular flexibility index (Phi) is 5.21. The zero-order chi connectivity index (χ0) is 16.3. The third kappa shape index (κ3) is 3.87. The fourth-order valence-electron chi connectivity index (χ4n) is 2.57. The van der Waals surface area contributed by atoms with Gasteiger partial charge >= 0.3 is 5.97 Å². The largest absolute Gasteiger partial charge is 0.481 e. The normalized spacial score (nSPS) is 17.0. The van der Waals surface area contributed by atoms with Crippen LogP contribution in [0.1, 0.15) is 74.5 Å². The Morgan fingerprint density at radius 3 is 2.68 bits per heavy atom. The number of amides is 1. The van der Waals surface area contributed by atoms with Crippen molar-refractivity contribution >= 4 is 11.9 Å². The van der Waals surface area contributed by atoms with Crippen molar-refractivity contribution in [3.63, 3.8) is 0 Å². The van der Waals surface area contributed by atoms with Gasteiger partial charge in [0.15, 0.2) is 0 Å². The van der Waals surface area contributed by atoms with Gasteiger partial charge in [-0.2, -0.15) is 5.10 Å². The van der Waals surface area contributed by atoms with Crippen molar-refractivity contribution in [2.75, 3.05) is 6.54 Å². The Hall–Kier alpha value is -1.85. The molecule has 0 saturated heterocycles. The summed E-state index contributed by atoms with van der Waals surface area (Å²) in [5.74, 6) is -0.636. The summed E-state index contributed by atoms with van der Waals surface area (Å²) in [7, 11) is 0. The smallest absolute Gasteiger partial charge is 0.303 e. The van der Waals surface area contributed by atoms with Gasteiger partial charge in [-0.1, -0.05) is 13.8 Å². The molecule has 6 nitrogen and oxygen atoms in total. The minimum absolute atomic E-state index is 0.0574. The van der Waals surface area contributed by atoms with Gasteiger partial charge in [-0.25, -0.2) is 0 Å². The van der Waals surface area contributed by atoms with E-state index in [0.717, 1.165) is 25.0 Å². The van der Waals surface area contributed by atoms with Crippen LogP contribution in [0.5, 0.6) is 0 Å². The number of aliphatic carboxylic acids is 1. The van der Waals surface area contributed by atoms with E-state index in [9.17, 15) is 9.59 Å². The molecule has 1 aliphatic carbocycles. The van der Waals surface area contributed by atoms with E-state index in [4.69, 9.17) is 5.11 Å². The van der Waals surface area contributed by atoms with E-state index in [1.165, 1.54) is 0 Å². The molecule has 1 fully saturated rings. The summed E-state index contributed by atoms with van der Waals surface area (Å²) >= 11 is 0. The van der Waals surface area contributed by atoms with E-state index in [2.05, 4.69) is 24.3 Å². The number of hydrogen-bond acceptors (Lipinski definition) is 3. The van der Waals surface area contributed by atoms with Crippen molar-refractivity contribution in [2.45, 2.75) is 58.4 Å². The van der Waals surface area contributed by atoms with Crippen molar-refractivity contribution in [1.82, 2.24) is 15.1 Å². The van der Waals surface area contributed by atoms with Crippen LogP contribution < -0.4 is 5.32 Å². The Morgan fingerprint density at radius 2 is 2.14 bits per heavy atom. The SMILES string of the molecule is CCC(C)n1ncc(C(=O)NCC(C)CC(=O)O)c1C1CC1. The molecule has 2 rings (SSSR count). The molecule has 1 aromatic heterocycles. The van der Waals surface area contributed by atoms with Crippen LogP contribution in [-0.2, 0) is 4.79 Å². The maximum Gasteiger partial charge on any atom is 0.303 e. The maximum atomic E-state index is 12.4. The molecule has 22 heavy (non-hydrogen) atoms. The fourth-order valence-corrected chi connectivity index (χ4v) is 2.57. The van der Waals surface area contributed by atoms with Gasteiger partial charge in [0, 0.05) is 24.9 Å². The Morgan fingerprint density at radius 1 is 1.45 bits per heavy atom. The van der Waals surface area contributed by atoms with E-state index in [1.807, 2.05) is 11.6 Å². The van der Waals surface area contributed by atoms with Gasteiger partial charge < -0.3 is 10.4 Å². The third-order valence-corrected chi connectivity index (χ3v) is 4.19. The van der Waals surface area contributed by atoms with Crippen LogP contribution >= 0.6 is 0 Å². The molecule has 0 bridgehead atoms. The Balaban J connectivity index is 2.06. The van der Waals surface area contributed by atoms with Crippen molar-refractivity contribution in [1.29, 1.82) is 0 Å². The standard InChI is InChI=1S/C16H25N3O3/c1-4-11(3)19-15(12-5-6-12)13(9-18-19)16(22)17-8-10(2)7-14(20)21/h9-12H,4-8H2,1-3H3,(H,17,22)(H,20,21). The molecule has 1 saturated carbocycles. The van der Waals surface area contributed by atoms with Crippen molar-refractivity contribution < 1.29 is 14.7 Å². The highest BCUT2D eigenvalue weighted by Gasteiger charge is 2.33. The van der Waals surface area contributed by atoms with Gasteiger partial charge in [0.25, 0.3) is 5.91 Å². The number of carboxylic acids is 1. The summed E-state index contributed by atoms with van der Waals surface area (Å²) in [6.07, 6.45) is 4.90. The lowest BCUT2D eigenvalue weighted by atomic mass is 10.1. The molecule has 2 atom stereocenters. The summed E-state index contributed by atoms with van der Waals surface area (Å²) in [6, 6.07) is 0.281. The van der Waals surface area contributed by atoms with Crippen molar-refractivity contribution in [3.05, 3.63) is 17.5 Å². The number of aromatic nitrogens is 2. The molecule has 0 radical (unpaired) electrons. The Bertz CT molecular complexity index is 549. The first-order chi connectivity index (χ1) is 10.4. The predicted octanol–water partition coefficient (Wildman–Crippen LogP) is 2.57. The first-order valence-corrected chi connectivity index (χ1v) is 8.01. The number of carboxylic acid groups (broad SMARTS) is 1. The summed E-state index contributed by atoms with van der Waals surface area (Å²) in [5.41, 5.74) is 1.68. The molecular formula is C16H25N3O3. The summed E-state index contributed by atoms with van der Waals surface area (Å²) in [4.78, 5) is 23.1. The van der Waals surface area contributed by atoms with Crippen LogP contribution in [0.2, 0.25) is 0 Å². The molecule has 1 aliphatic rings. The lowest BCUT2D eigenvalue weighted by Crippen LogP contribution is -2.29. The van der Waals surface area contributed by atoms with Gasteiger partial charge in [-0.15, -0.1) is 0 Å². The summed E-state index contributed by atoms with van der Waals surface area (Å²) in [6.45, 7) is 6.40. The second-order valence-corrected chi connectivity index (χ2v) is 6.33. The van der Waals surface area contributed by atoms with Gasteiger partial charge in [0.2, 0.25) is 0 Å². The average molecular weight is 307 g/mol. The highest BCUT2D eigenvalue weighted by atomic mass is 16.4. The van der Waals surface area contributed by atoms with Crippen molar-refractivity contribution in [2.24, 2.45) is 5.92 Å². The van der Waals surface area contributed by atoms with Gasteiger partial charge in [-0.05, 0) is 32.1 Å². The van der Waals surface area contributed by atoms with Crippen LogP contribution in [0.25, 0.3) is 0 Å². The number of rotatable bonds is 8. The molecule has 2 N–H and O–H groups in total. The highest BCUT2D eigenvalue weighted by molar-refractivity contribution is 5.95. The Labute approximate surface area is 130 Å². The number of hydrogen-bond donors (Lipinski definition) is 2. The van der Waals surface area contributed by atoms with E-state index in [1.54, 1.807) is 6.20 Å². The molecule has 6 heteroatoms. The molecule has 0 aromatic carbocycles. The van der Waals surface area contributed by atoms with Crippen LogP contribution in [0.4, 0.5) is 0 Å². The topological polar surface area (TPSA) is 84.2 Å². The zero-order valence-corrected chi connectivity index (χ0v) is 13.5. The van der Waals surface area contributed by atoms with Gasteiger partial charge in [0.05, 0.1) is 17.5 Å². The predicted molar refractivity (Wildman–Crippen MR) is 83.0 cm³/mol. The van der Waals surface area contributed by atoms with Crippen LogP contribution in [0.3, 0.4) is 0 Å². The first-order valence-electron chi connectivity index (χ1n) is 8.01. The minimum Gasteiger partial charge on any atom is -0.481 e. The first kappa shape index (κ1) is 16.5. The summed E-state index contributed by atoms with van der Waals surface area (Å²) < 4.78 is 1.98. The van der Waals surface area contributed by atoms with E-state index in [0.29, 0.717) is 18.0 Å². The van der Waals surface area contributed by atoms with E-state index < -0.39 is 5.97 Å².